The number of nitrogens with zero attached hydrogens (tertiary/aromatic N) is 1. The van der Waals surface area contributed by atoms with E-state index >= 15 is 0 Å². The molecular formula is C19H34N4O3. The summed E-state index contributed by atoms with van der Waals surface area (Å²) in [6.45, 7) is 8.16. The summed E-state index contributed by atoms with van der Waals surface area (Å²) in [5, 5.41) is 5.57. The minimum Gasteiger partial charge on any atom is -0.444 e. The first-order valence-corrected chi connectivity index (χ1v) is 9.56. The fraction of sp³-hybridized carbons (Fsp3) is 0.737. The van der Waals surface area contributed by atoms with Gasteiger partial charge >= 0.3 is 6.09 Å². The van der Waals surface area contributed by atoms with Crippen molar-refractivity contribution in [1.29, 1.82) is 0 Å². The standard InChI is InChI=1S/C19H34N4O3/c1-5-6-7-8-9-10-11-21-17(24)16(12-15-13-20-14-22-15)23-18(25)26-19(2,3)4/h13-14,16H,5-12H2,1-4H3,(H,20,22)(H,21,24)(H,23,25). The second-order valence-electron chi connectivity index (χ2n) is 7.54. The Balaban J connectivity index is 2.47. The molecule has 148 valence electrons. The largest absolute Gasteiger partial charge is 0.444 e. The third-order valence-corrected chi connectivity index (χ3v) is 3.82. The van der Waals surface area contributed by atoms with Crippen LogP contribution in [-0.4, -0.2) is 40.2 Å². The van der Waals surface area contributed by atoms with Gasteiger partial charge in [-0.1, -0.05) is 39.0 Å². The molecule has 0 aliphatic rings. The van der Waals surface area contributed by atoms with Crippen molar-refractivity contribution in [2.24, 2.45) is 0 Å². The lowest BCUT2D eigenvalue weighted by Gasteiger charge is -2.23. The van der Waals surface area contributed by atoms with Gasteiger partial charge in [0.1, 0.15) is 11.6 Å². The second kappa shape index (κ2) is 11.5. The number of amides is 2. The van der Waals surface area contributed by atoms with Gasteiger partial charge in [0.2, 0.25) is 5.91 Å². The maximum atomic E-state index is 12.5. The number of aromatic amines is 1. The van der Waals surface area contributed by atoms with Crippen molar-refractivity contribution in [3.63, 3.8) is 0 Å². The molecule has 1 atom stereocenters. The molecule has 7 heteroatoms. The number of carbonyl (C=O) groups is 2. The fourth-order valence-corrected chi connectivity index (χ4v) is 2.52. The molecule has 1 unspecified atom stereocenters. The van der Waals surface area contributed by atoms with Crippen LogP contribution in [0, 0.1) is 0 Å². The molecule has 2 amide bonds. The van der Waals surface area contributed by atoms with Crippen molar-refractivity contribution in [2.45, 2.75) is 84.3 Å². The zero-order valence-electron chi connectivity index (χ0n) is 16.6. The van der Waals surface area contributed by atoms with Crippen molar-refractivity contribution in [2.75, 3.05) is 6.54 Å². The quantitative estimate of drug-likeness (QED) is 0.523. The van der Waals surface area contributed by atoms with Crippen LogP contribution in [0.1, 0.15) is 71.9 Å². The van der Waals surface area contributed by atoms with Gasteiger partial charge in [-0.05, 0) is 27.2 Å². The van der Waals surface area contributed by atoms with Crippen LogP contribution in [0.4, 0.5) is 4.79 Å². The Morgan fingerprint density at radius 1 is 1.19 bits per heavy atom. The van der Waals surface area contributed by atoms with Crippen molar-refractivity contribution >= 4 is 12.0 Å². The number of nitrogens with one attached hydrogen (secondary N) is 3. The van der Waals surface area contributed by atoms with Crippen LogP contribution >= 0.6 is 0 Å². The first-order chi connectivity index (χ1) is 12.3. The van der Waals surface area contributed by atoms with E-state index in [9.17, 15) is 9.59 Å². The maximum Gasteiger partial charge on any atom is 0.408 e. The molecule has 0 aliphatic heterocycles. The summed E-state index contributed by atoms with van der Waals surface area (Å²) in [4.78, 5) is 31.4. The summed E-state index contributed by atoms with van der Waals surface area (Å²) in [5.74, 6) is -0.209. The number of H-pyrrole nitrogens is 1. The molecule has 1 aromatic rings. The van der Waals surface area contributed by atoms with E-state index in [2.05, 4.69) is 27.5 Å². The average molecular weight is 367 g/mol. The van der Waals surface area contributed by atoms with Crippen LogP contribution in [0.15, 0.2) is 12.5 Å². The number of unbranched alkanes of at least 4 members (excludes halogenated alkanes) is 5. The second-order valence-corrected chi connectivity index (χ2v) is 7.54. The number of alkyl carbamates (subject to hydrolysis) is 1. The van der Waals surface area contributed by atoms with Gasteiger partial charge in [-0.15, -0.1) is 0 Å². The highest BCUT2D eigenvalue weighted by atomic mass is 16.6. The monoisotopic (exact) mass is 366 g/mol. The van der Waals surface area contributed by atoms with Gasteiger partial charge in [0.05, 0.1) is 6.33 Å². The number of rotatable bonds is 11. The van der Waals surface area contributed by atoms with E-state index in [0.29, 0.717) is 13.0 Å². The molecule has 0 saturated heterocycles. The van der Waals surface area contributed by atoms with Crippen LogP contribution in [0.5, 0.6) is 0 Å². The zero-order valence-corrected chi connectivity index (χ0v) is 16.6. The van der Waals surface area contributed by atoms with Crippen molar-refractivity contribution in [3.8, 4) is 0 Å². The van der Waals surface area contributed by atoms with Crippen molar-refractivity contribution < 1.29 is 14.3 Å². The Hall–Kier alpha value is -2.05. The molecule has 3 N–H and O–H groups in total. The highest BCUT2D eigenvalue weighted by molar-refractivity contribution is 5.85. The first kappa shape index (κ1) is 22.0. The van der Waals surface area contributed by atoms with Gasteiger partial charge in [-0.2, -0.15) is 0 Å². The minimum atomic E-state index is -0.703. The van der Waals surface area contributed by atoms with Gasteiger partial charge in [-0.3, -0.25) is 4.79 Å². The summed E-state index contributed by atoms with van der Waals surface area (Å²) in [5.41, 5.74) is 0.165. The molecule has 0 fully saturated rings. The lowest BCUT2D eigenvalue weighted by molar-refractivity contribution is -0.123. The summed E-state index contributed by atoms with van der Waals surface area (Å²) >= 11 is 0. The highest BCUT2D eigenvalue weighted by Gasteiger charge is 2.24. The number of ether oxygens (including phenoxy) is 1. The number of hydrogen-bond donors (Lipinski definition) is 3. The third kappa shape index (κ3) is 10.1. The van der Waals surface area contributed by atoms with Crippen molar-refractivity contribution in [3.05, 3.63) is 18.2 Å². The normalized spacial score (nSPS) is 12.5. The number of aromatic nitrogens is 2. The Labute approximate surface area is 156 Å². The summed E-state index contributed by atoms with van der Waals surface area (Å²) in [7, 11) is 0. The molecule has 0 saturated carbocycles. The Bertz CT molecular complexity index is 523. The number of imidazole rings is 1. The molecule has 1 rings (SSSR count). The van der Waals surface area contributed by atoms with Crippen LogP contribution < -0.4 is 10.6 Å². The summed E-state index contributed by atoms with van der Waals surface area (Å²) in [6, 6.07) is -0.703. The topological polar surface area (TPSA) is 96.1 Å². The lowest BCUT2D eigenvalue weighted by Crippen LogP contribution is -2.49. The molecule has 1 heterocycles. The van der Waals surface area contributed by atoms with Gasteiger partial charge in [0.25, 0.3) is 0 Å². The molecule has 26 heavy (non-hydrogen) atoms. The van der Waals surface area contributed by atoms with E-state index in [1.54, 1.807) is 33.3 Å². The molecule has 1 aromatic heterocycles. The highest BCUT2D eigenvalue weighted by Crippen LogP contribution is 2.08. The van der Waals surface area contributed by atoms with Gasteiger partial charge in [0, 0.05) is 24.9 Å². The predicted molar refractivity (Wildman–Crippen MR) is 102 cm³/mol. The molecule has 0 bridgehead atoms. The van der Waals surface area contributed by atoms with E-state index in [1.165, 1.54) is 25.7 Å². The van der Waals surface area contributed by atoms with Gasteiger partial charge in [0.15, 0.2) is 0 Å². The summed E-state index contributed by atoms with van der Waals surface area (Å²) in [6.07, 6.45) is 9.90. The van der Waals surface area contributed by atoms with Crippen LogP contribution in [0.25, 0.3) is 0 Å². The Morgan fingerprint density at radius 3 is 2.50 bits per heavy atom. The molecule has 7 nitrogen and oxygen atoms in total. The Morgan fingerprint density at radius 2 is 1.88 bits per heavy atom. The third-order valence-electron chi connectivity index (χ3n) is 3.82. The Kier molecular flexibility index (Phi) is 9.76. The van der Waals surface area contributed by atoms with Gasteiger partial charge in [-0.25, -0.2) is 9.78 Å². The smallest absolute Gasteiger partial charge is 0.408 e. The van der Waals surface area contributed by atoms with E-state index in [1.807, 2.05) is 0 Å². The fourth-order valence-electron chi connectivity index (χ4n) is 2.52. The first-order valence-electron chi connectivity index (χ1n) is 9.56. The van der Waals surface area contributed by atoms with E-state index in [0.717, 1.165) is 18.5 Å². The lowest BCUT2D eigenvalue weighted by atomic mass is 10.1. The van der Waals surface area contributed by atoms with E-state index in [4.69, 9.17) is 4.74 Å². The van der Waals surface area contributed by atoms with Crippen LogP contribution in [0.2, 0.25) is 0 Å². The molecule has 0 spiro atoms. The van der Waals surface area contributed by atoms with E-state index < -0.39 is 17.7 Å². The maximum absolute atomic E-state index is 12.5. The van der Waals surface area contributed by atoms with Crippen LogP contribution in [-0.2, 0) is 16.0 Å². The molecule has 0 radical (unpaired) electrons. The van der Waals surface area contributed by atoms with Crippen LogP contribution in [0.3, 0.4) is 0 Å². The average Bonchev–Trinajstić information content (AvgIpc) is 3.04. The number of carbonyl (C=O) groups excluding carboxylic acids is 2. The van der Waals surface area contributed by atoms with Gasteiger partial charge < -0.3 is 20.4 Å². The molecule has 0 aromatic carbocycles. The summed E-state index contributed by atoms with van der Waals surface area (Å²) < 4.78 is 5.26. The SMILES string of the molecule is CCCCCCCCNC(=O)C(Cc1cnc[nH]1)NC(=O)OC(C)(C)C. The molecular weight excluding hydrogens is 332 g/mol. The minimum absolute atomic E-state index is 0.209. The number of hydrogen-bond acceptors (Lipinski definition) is 4. The molecule has 0 aliphatic carbocycles. The zero-order chi connectivity index (χ0) is 19.4. The predicted octanol–water partition coefficient (Wildman–Crippen LogP) is 3.32. The van der Waals surface area contributed by atoms with Crippen molar-refractivity contribution in [1.82, 2.24) is 20.6 Å². The van der Waals surface area contributed by atoms with E-state index in [-0.39, 0.29) is 5.91 Å².